The van der Waals surface area contributed by atoms with Crippen LogP contribution in [0.2, 0.25) is 0 Å². The average Bonchev–Trinajstić information content (AvgIpc) is 2.47. The second-order valence-electron chi connectivity index (χ2n) is 6.44. The highest BCUT2D eigenvalue weighted by atomic mass is 15.1. The molecular weight excluding hydrogens is 258 g/mol. The molecule has 3 rings (SSSR count). The zero-order valence-electron chi connectivity index (χ0n) is 13.0. The van der Waals surface area contributed by atoms with Gasteiger partial charge in [0.05, 0.1) is 5.52 Å². The van der Waals surface area contributed by atoms with E-state index in [1.807, 2.05) is 0 Å². The van der Waals surface area contributed by atoms with E-state index in [0.29, 0.717) is 12.0 Å². The van der Waals surface area contributed by atoms with Gasteiger partial charge in [-0.1, -0.05) is 18.2 Å². The Morgan fingerprint density at radius 1 is 1.38 bits per heavy atom. The van der Waals surface area contributed by atoms with Gasteiger partial charge in [-0.15, -0.1) is 0 Å². The van der Waals surface area contributed by atoms with E-state index >= 15 is 0 Å². The number of nitrogens with two attached hydrogens (primary N) is 1. The summed E-state index contributed by atoms with van der Waals surface area (Å²) < 4.78 is 0. The van der Waals surface area contributed by atoms with Crippen molar-refractivity contribution in [3.05, 3.63) is 41.6 Å². The summed E-state index contributed by atoms with van der Waals surface area (Å²) in [5, 5.41) is 1.28. The third kappa shape index (κ3) is 3.25. The third-order valence-corrected chi connectivity index (χ3v) is 4.61. The van der Waals surface area contributed by atoms with Crippen LogP contribution in [0.5, 0.6) is 0 Å². The minimum absolute atomic E-state index is 0.295. The summed E-state index contributed by atoms with van der Waals surface area (Å²) in [6.45, 7) is 7.52. The molecule has 1 aromatic carbocycles. The normalized spacial score (nSPS) is 21.6. The fourth-order valence-electron chi connectivity index (χ4n) is 3.43. The maximum absolute atomic E-state index is 6.10. The van der Waals surface area contributed by atoms with Crippen LogP contribution in [-0.2, 0) is 6.54 Å². The first-order valence-electron chi connectivity index (χ1n) is 7.96. The van der Waals surface area contributed by atoms with Crippen LogP contribution < -0.4 is 5.73 Å². The van der Waals surface area contributed by atoms with Crippen molar-refractivity contribution >= 4 is 10.9 Å². The molecule has 0 bridgehead atoms. The van der Waals surface area contributed by atoms with Crippen molar-refractivity contribution in [3.8, 4) is 0 Å². The molecular formula is C18H25N3. The summed E-state index contributed by atoms with van der Waals surface area (Å²) >= 11 is 0. The van der Waals surface area contributed by atoms with Crippen molar-refractivity contribution < 1.29 is 0 Å². The van der Waals surface area contributed by atoms with Gasteiger partial charge in [0.1, 0.15) is 0 Å². The number of aryl methyl sites for hydroxylation is 1. The predicted octanol–water partition coefficient (Wildman–Crippen LogP) is 3.10. The summed E-state index contributed by atoms with van der Waals surface area (Å²) in [6, 6.07) is 11.0. The van der Waals surface area contributed by atoms with E-state index in [4.69, 9.17) is 5.73 Å². The summed E-state index contributed by atoms with van der Waals surface area (Å²) in [4.78, 5) is 7.19. The van der Waals surface area contributed by atoms with Gasteiger partial charge in [0.2, 0.25) is 0 Å². The molecule has 0 saturated carbocycles. The number of hydrogen-bond donors (Lipinski definition) is 1. The third-order valence-electron chi connectivity index (χ3n) is 4.61. The van der Waals surface area contributed by atoms with Gasteiger partial charge in [0.15, 0.2) is 0 Å². The Hall–Kier alpha value is -1.45. The number of benzene rings is 1. The van der Waals surface area contributed by atoms with Gasteiger partial charge in [0, 0.05) is 30.2 Å². The molecule has 2 aromatic rings. The predicted molar refractivity (Wildman–Crippen MR) is 88.1 cm³/mol. The number of nitrogens with zero attached hydrogens (tertiary/aromatic N) is 2. The van der Waals surface area contributed by atoms with E-state index in [0.717, 1.165) is 24.3 Å². The molecule has 3 heteroatoms. The molecule has 1 aliphatic heterocycles. The minimum atomic E-state index is 0.295. The van der Waals surface area contributed by atoms with Crippen molar-refractivity contribution in [2.75, 3.05) is 13.1 Å². The number of pyridine rings is 1. The number of para-hydroxylation sites is 1. The van der Waals surface area contributed by atoms with Crippen molar-refractivity contribution in [1.29, 1.82) is 0 Å². The van der Waals surface area contributed by atoms with Gasteiger partial charge in [-0.05, 0) is 56.8 Å². The zero-order valence-corrected chi connectivity index (χ0v) is 13.0. The summed E-state index contributed by atoms with van der Waals surface area (Å²) in [5.74, 6) is 0.632. The van der Waals surface area contributed by atoms with Crippen LogP contribution in [0.4, 0.5) is 0 Å². The summed E-state index contributed by atoms with van der Waals surface area (Å²) in [7, 11) is 0. The van der Waals surface area contributed by atoms with Gasteiger partial charge in [-0.25, -0.2) is 0 Å². The largest absolute Gasteiger partial charge is 0.328 e. The molecule has 1 aliphatic rings. The lowest BCUT2D eigenvalue weighted by molar-refractivity contribution is 0.155. The van der Waals surface area contributed by atoms with Gasteiger partial charge in [0.25, 0.3) is 0 Å². The van der Waals surface area contributed by atoms with Crippen LogP contribution in [0.15, 0.2) is 30.3 Å². The molecule has 2 heterocycles. The number of piperidine rings is 1. The Bertz CT molecular complexity index is 621. The van der Waals surface area contributed by atoms with Gasteiger partial charge in [-0.2, -0.15) is 0 Å². The summed E-state index contributed by atoms with van der Waals surface area (Å²) in [6.07, 6.45) is 2.53. The smallest absolute Gasteiger partial charge is 0.0708 e. The second kappa shape index (κ2) is 6.12. The van der Waals surface area contributed by atoms with Gasteiger partial charge in [-0.3, -0.25) is 9.88 Å². The molecule has 3 nitrogen and oxygen atoms in total. The molecule has 2 unspecified atom stereocenters. The quantitative estimate of drug-likeness (QED) is 0.941. The Morgan fingerprint density at radius 3 is 3.00 bits per heavy atom. The van der Waals surface area contributed by atoms with Gasteiger partial charge >= 0.3 is 0 Å². The highest BCUT2D eigenvalue weighted by molar-refractivity contribution is 5.82. The van der Waals surface area contributed by atoms with Crippen LogP contribution in [0.1, 0.15) is 31.0 Å². The fourth-order valence-corrected chi connectivity index (χ4v) is 3.43. The molecule has 2 atom stereocenters. The molecule has 1 fully saturated rings. The number of hydrogen-bond acceptors (Lipinski definition) is 3. The first-order chi connectivity index (χ1) is 10.1. The fraction of sp³-hybridized carbons (Fsp3) is 0.500. The van der Waals surface area contributed by atoms with Crippen molar-refractivity contribution in [2.24, 2.45) is 11.7 Å². The highest BCUT2D eigenvalue weighted by Gasteiger charge is 2.23. The monoisotopic (exact) mass is 283 g/mol. The lowest BCUT2D eigenvalue weighted by Gasteiger charge is -2.34. The lowest BCUT2D eigenvalue weighted by Crippen LogP contribution is -2.41. The van der Waals surface area contributed by atoms with E-state index in [1.54, 1.807) is 0 Å². The molecule has 1 aromatic heterocycles. The molecule has 21 heavy (non-hydrogen) atoms. The minimum Gasteiger partial charge on any atom is -0.328 e. The Morgan fingerprint density at radius 2 is 2.19 bits per heavy atom. The molecule has 0 aliphatic carbocycles. The standard InChI is InChI=1S/C18H25N3/c1-13-10-16(17-7-3-4-8-18(17)20-13)12-21-9-5-6-15(11-21)14(2)19/h3-4,7-8,10,14-15H,5-6,9,11-12,19H2,1-2H3. The Balaban J connectivity index is 1.84. The van der Waals surface area contributed by atoms with E-state index < -0.39 is 0 Å². The molecule has 2 N–H and O–H groups in total. The first-order valence-corrected chi connectivity index (χ1v) is 7.96. The number of fused-ring (bicyclic) bond motifs is 1. The molecule has 0 radical (unpaired) electrons. The van der Waals surface area contributed by atoms with Gasteiger partial charge < -0.3 is 5.73 Å². The molecule has 112 valence electrons. The number of aromatic nitrogens is 1. The van der Waals surface area contributed by atoms with Crippen molar-refractivity contribution in [2.45, 2.75) is 39.3 Å². The zero-order chi connectivity index (χ0) is 14.8. The van der Waals surface area contributed by atoms with Crippen LogP contribution in [0, 0.1) is 12.8 Å². The summed E-state index contributed by atoms with van der Waals surface area (Å²) in [5.41, 5.74) is 9.70. The van der Waals surface area contributed by atoms with E-state index in [9.17, 15) is 0 Å². The topological polar surface area (TPSA) is 42.1 Å². The molecule has 1 saturated heterocycles. The van der Waals surface area contributed by atoms with Crippen LogP contribution in [0.3, 0.4) is 0 Å². The SMILES string of the molecule is Cc1cc(CN2CCCC(C(C)N)C2)c2ccccc2n1. The average molecular weight is 283 g/mol. The first kappa shape index (κ1) is 14.5. The number of likely N-dealkylation sites (tertiary alicyclic amines) is 1. The van der Waals surface area contributed by atoms with Crippen LogP contribution in [0.25, 0.3) is 10.9 Å². The van der Waals surface area contributed by atoms with E-state index in [1.165, 1.54) is 30.3 Å². The second-order valence-corrected chi connectivity index (χ2v) is 6.44. The number of rotatable bonds is 3. The molecule has 0 spiro atoms. The van der Waals surface area contributed by atoms with Crippen molar-refractivity contribution in [1.82, 2.24) is 9.88 Å². The Kier molecular flexibility index (Phi) is 4.22. The molecule has 0 amide bonds. The Labute approximate surface area is 127 Å². The lowest BCUT2D eigenvalue weighted by atomic mass is 9.92. The van der Waals surface area contributed by atoms with E-state index in [2.05, 4.69) is 54.1 Å². The van der Waals surface area contributed by atoms with Crippen LogP contribution >= 0.6 is 0 Å². The highest BCUT2D eigenvalue weighted by Crippen LogP contribution is 2.24. The maximum atomic E-state index is 6.10. The van der Waals surface area contributed by atoms with Crippen molar-refractivity contribution in [3.63, 3.8) is 0 Å². The van der Waals surface area contributed by atoms with Crippen LogP contribution in [-0.4, -0.2) is 29.0 Å². The van der Waals surface area contributed by atoms with E-state index in [-0.39, 0.29) is 0 Å². The maximum Gasteiger partial charge on any atom is 0.0708 e.